The smallest absolute Gasteiger partial charge is 0.256 e. The van der Waals surface area contributed by atoms with Gasteiger partial charge in [-0.15, -0.1) is 0 Å². The van der Waals surface area contributed by atoms with Gasteiger partial charge in [0.05, 0.1) is 12.8 Å². The molecular formula is C16H12ClNO2. The molecule has 1 aliphatic heterocycles. The van der Waals surface area contributed by atoms with Gasteiger partial charge in [0.25, 0.3) is 5.91 Å². The molecular weight excluding hydrogens is 274 g/mol. The molecule has 0 saturated carbocycles. The highest BCUT2D eigenvalue weighted by Gasteiger charge is 2.24. The summed E-state index contributed by atoms with van der Waals surface area (Å²) in [6.07, 6.45) is 1.83. The van der Waals surface area contributed by atoms with Crippen LogP contribution in [0.1, 0.15) is 11.1 Å². The van der Waals surface area contributed by atoms with E-state index in [4.69, 9.17) is 16.3 Å². The Kier molecular flexibility index (Phi) is 3.20. The van der Waals surface area contributed by atoms with Crippen LogP contribution in [-0.4, -0.2) is 13.0 Å². The van der Waals surface area contributed by atoms with Gasteiger partial charge in [-0.1, -0.05) is 35.9 Å². The number of anilines is 1. The number of hydrogen-bond donors (Lipinski definition) is 1. The van der Waals surface area contributed by atoms with Crippen LogP contribution in [0.2, 0.25) is 5.02 Å². The standard InChI is InChI=1S/C16H12ClNO2/c1-20-15-5-3-2-4-10(15)8-13-12-7-6-11(17)9-14(12)18-16(13)19/h2-9H,1H3,(H,18,19). The van der Waals surface area contributed by atoms with Gasteiger partial charge in [0.2, 0.25) is 0 Å². The molecule has 1 aliphatic rings. The molecule has 20 heavy (non-hydrogen) atoms. The third-order valence-electron chi connectivity index (χ3n) is 3.20. The van der Waals surface area contributed by atoms with E-state index in [1.165, 1.54) is 0 Å². The lowest BCUT2D eigenvalue weighted by atomic mass is 10.0. The highest BCUT2D eigenvalue weighted by atomic mass is 35.5. The number of fused-ring (bicyclic) bond motifs is 1. The number of halogens is 1. The monoisotopic (exact) mass is 285 g/mol. The van der Waals surface area contributed by atoms with E-state index < -0.39 is 0 Å². The Morgan fingerprint density at radius 2 is 2.00 bits per heavy atom. The second kappa shape index (κ2) is 5.02. The summed E-state index contributed by atoms with van der Waals surface area (Å²) in [6, 6.07) is 12.9. The van der Waals surface area contributed by atoms with Crippen LogP contribution in [0.4, 0.5) is 5.69 Å². The molecule has 0 bridgehead atoms. The van der Waals surface area contributed by atoms with Crippen LogP contribution in [0.3, 0.4) is 0 Å². The SMILES string of the molecule is COc1ccccc1C=C1C(=O)Nc2cc(Cl)ccc21. The summed E-state index contributed by atoms with van der Waals surface area (Å²) < 4.78 is 5.30. The fourth-order valence-corrected chi connectivity index (χ4v) is 2.42. The molecule has 0 spiro atoms. The summed E-state index contributed by atoms with van der Waals surface area (Å²) in [5.41, 5.74) is 3.07. The van der Waals surface area contributed by atoms with Crippen LogP contribution in [-0.2, 0) is 4.79 Å². The molecule has 3 rings (SSSR count). The molecule has 1 N–H and O–H groups in total. The number of carbonyl (C=O) groups excluding carboxylic acids is 1. The lowest BCUT2D eigenvalue weighted by Gasteiger charge is -2.05. The minimum atomic E-state index is -0.131. The zero-order valence-corrected chi connectivity index (χ0v) is 11.6. The summed E-state index contributed by atoms with van der Waals surface area (Å²) in [4.78, 5) is 12.1. The maximum absolute atomic E-state index is 12.1. The maximum Gasteiger partial charge on any atom is 0.256 e. The number of nitrogens with one attached hydrogen (secondary N) is 1. The predicted octanol–water partition coefficient (Wildman–Crippen LogP) is 3.84. The Bertz CT molecular complexity index is 722. The Balaban J connectivity index is 2.11. The molecule has 0 radical (unpaired) electrons. The molecule has 1 amide bonds. The molecule has 0 unspecified atom stereocenters. The van der Waals surface area contributed by atoms with Gasteiger partial charge in [0.15, 0.2) is 0 Å². The molecule has 2 aromatic rings. The lowest BCUT2D eigenvalue weighted by Crippen LogP contribution is -2.03. The number of benzene rings is 2. The number of carbonyl (C=O) groups is 1. The Hall–Kier alpha value is -2.26. The van der Waals surface area contributed by atoms with Gasteiger partial charge in [-0.25, -0.2) is 0 Å². The maximum atomic E-state index is 12.1. The van der Waals surface area contributed by atoms with E-state index in [1.807, 2.05) is 36.4 Å². The largest absolute Gasteiger partial charge is 0.496 e. The first-order chi connectivity index (χ1) is 9.69. The summed E-state index contributed by atoms with van der Waals surface area (Å²) >= 11 is 5.94. The van der Waals surface area contributed by atoms with Gasteiger partial charge in [-0.05, 0) is 24.3 Å². The van der Waals surface area contributed by atoms with E-state index in [-0.39, 0.29) is 5.91 Å². The van der Waals surface area contributed by atoms with E-state index in [2.05, 4.69) is 5.32 Å². The van der Waals surface area contributed by atoms with Crippen molar-refractivity contribution in [3.05, 3.63) is 58.6 Å². The van der Waals surface area contributed by atoms with Crippen LogP contribution < -0.4 is 10.1 Å². The van der Waals surface area contributed by atoms with E-state index in [9.17, 15) is 4.79 Å². The molecule has 3 nitrogen and oxygen atoms in total. The number of ether oxygens (including phenoxy) is 1. The molecule has 1 heterocycles. The number of para-hydroxylation sites is 1. The van der Waals surface area contributed by atoms with Crippen molar-refractivity contribution < 1.29 is 9.53 Å². The van der Waals surface area contributed by atoms with Crippen molar-refractivity contribution in [2.24, 2.45) is 0 Å². The zero-order chi connectivity index (χ0) is 14.1. The van der Waals surface area contributed by atoms with Crippen LogP contribution >= 0.6 is 11.6 Å². The van der Waals surface area contributed by atoms with Crippen LogP contribution in [0.25, 0.3) is 11.6 Å². The molecule has 0 saturated heterocycles. The molecule has 100 valence electrons. The lowest BCUT2D eigenvalue weighted by molar-refractivity contribution is -0.110. The molecule has 0 aliphatic carbocycles. The minimum absolute atomic E-state index is 0.131. The van der Waals surface area contributed by atoms with Crippen molar-refractivity contribution in [2.45, 2.75) is 0 Å². The fourth-order valence-electron chi connectivity index (χ4n) is 2.25. The summed E-state index contributed by atoms with van der Waals surface area (Å²) in [6.45, 7) is 0. The zero-order valence-electron chi connectivity index (χ0n) is 10.8. The second-order valence-corrected chi connectivity index (χ2v) is 4.88. The topological polar surface area (TPSA) is 38.3 Å². The predicted molar refractivity (Wildman–Crippen MR) is 80.9 cm³/mol. The van der Waals surface area contributed by atoms with Gasteiger partial charge in [-0.3, -0.25) is 4.79 Å². The van der Waals surface area contributed by atoms with Crippen molar-refractivity contribution >= 4 is 34.8 Å². The Morgan fingerprint density at radius 1 is 1.20 bits per heavy atom. The van der Waals surface area contributed by atoms with Crippen molar-refractivity contribution in [2.75, 3.05) is 12.4 Å². The Labute approximate surface area is 121 Å². The van der Waals surface area contributed by atoms with Crippen molar-refractivity contribution in [3.63, 3.8) is 0 Å². The van der Waals surface area contributed by atoms with Crippen molar-refractivity contribution in [1.82, 2.24) is 0 Å². The third kappa shape index (κ3) is 2.17. The Morgan fingerprint density at radius 3 is 2.80 bits per heavy atom. The molecule has 2 aromatic carbocycles. The van der Waals surface area contributed by atoms with Gasteiger partial charge in [0.1, 0.15) is 5.75 Å². The van der Waals surface area contributed by atoms with Gasteiger partial charge >= 0.3 is 0 Å². The van der Waals surface area contributed by atoms with Crippen molar-refractivity contribution in [1.29, 1.82) is 0 Å². The number of methoxy groups -OCH3 is 1. The van der Waals surface area contributed by atoms with Crippen molar-refractivity contribution in [3.8, 4) is 5.75 Å². The molecule has 0 aromatic heterocycles. The van der Waals surface area contributed by atoms with E-state index in [1.54, 1.807) is 19.2 Å². The third-order valence-corrected chi connectivity index (χ3v) is 3.44. The van der Waals surface area contributed by atoms with E-state index >= 15 is 0 Å². The molecule has 4 heteroatoms. The summed E-state index contributed by atoms with van der Waals surface area (Å²) in [5, 5.41) is 3.41. The average molecular weight is 286 g/mol. The minimum Gasteiger partial charge on any atom is -0.496 e. The first-order valence-electron chi connectivity index (χ1n) is 6.15. The molecule has 0 atom stereocenters. The normalized spacial score (nSPS) is 15.1. The van der Waals surface area contributed by atoms with E-state index in [0.29, 0.717) is 10.6 Å². The second-order valence-electron chi connectivity index (χ2n) is 4.44. The van der Waals surface area contributed by atoms with Gasteiger partial charge in [0, 0.05) is 21.7 Å². The quantitative estimate of drug-likeness (QED) is 0.851. The first-order valence-corrected chi connectivity index (χ1v) is 6.53. The van der Waals surface area contributed by atoms with Gasteiger partial charge in [-0.2, -0.15) is 0 Å². The van der Waals surface area contributed by atoms with Gasteiger partial charge < -0.3 is 10.1 Å². The summed E-state index contributed by atoms with van der Waals surface area (Å²) in [5.74, 6) is 0.600. The first kappa shape index (κ1) is 12.8. The number of hydrogen-bond acceptors (Lipinski definition) is 2. The summed E-state index contributed by atoms with van der Waals surface area (Å²) in [7, 11) is 1.61. The molecule has 0 fully saturated rings. The van der Waals surface area contributed by atoms with Crippen LogP contribution in [0.15, 0.2) is 42.5 Å². The number of amides is 1. The fraction of sp³-hybridized carbons (Fsp3) is 0.0625. The number of rotatable bonds is 2. The highest BCUT2D eigenvalue weighted by molar-refractivity contribution is 6.36. The average Bonchev–Trinajstić information content (AvgIpc) is 2.75. The highest BCUT2D eigenvalue weighted by Crippen LogP contribution is 2.35. The van der Waals surface area contributed by atoms with Crippen LogP contribution in [0.5, 0.6) is 5.75 Å². The van der Waals surface area contributed by atoms with Crippen LogP contribution in [0, 0.1) is 0 Å². The van der Waals surface area contributed by atoms with E-state index in [0.717, 1.165) is 22.6 Å².